The Morgan fingerprint density at radius 3 is 2.83 bits per heavy atom. The number of nitrogens with two attached hydrogens (primary N) is 1. The highest BCUT2D eigenvalue weighted by Crippen LogP contribution is 2.28. The molecule has 0 radical (unpaired) electrons. The van der Waals surface area contributed by atoms with Gasteiger partial charge >= 0.3 is 0 Å². The summed E-state index contributed by atoms with van der Waals surface area (Å²) in [6, 6.07) is 1.74. The zero-order valence-corrected chi connectivity index (χ0v) is 8.41. The number of rotatable bonds is 3. The molecule has 3 N–H and O–H groups in total. The molecule has 1 aromatic heterocycles. The van der Waals surface area contributed by atoms with Crippen molar-refractivity contribution in [1.82, 2.24) is 0 Å². The number of aliphatic hydroxyl groups is 1. The van der Waals surface area contributed by atoms with Crippen LogP contribution in [0.25, 0.3) is 0 Å². The maximum Gasteiger partial charge on any atom is 0.174 e. The molecule has 0 amide bonds. The minimum absolute atomic E-state index is 0.0406. The van der Waals surface area contributed by atoms with E-state index in [0.717, 1.165) is 5.56 Å². The monoisotopic (exact) mass is 233 g/mol. The Labute approximate surface area is 79.7 Å². The third kappa shape index (κ3) is 1.88. The molecule has 2 atom stereocenters. The fraction of sp³-hybridized carbons (Fsp3) is 0.500. The number of halogens is 1. The summed E-state index contributed by atoms with van der Waals surface area (Å²) in [5.41, 5.74) is 6.18. The van der Waals surface area contributed by atoms with Crippen LogP contribution < -0.4 is 5.73 Å². The molecule has 0 fully saturated rings. The summed E-state index contributed by atoms with van der Waals surface area (Å²) in [6.07, 6.45) is 0.981. The Bertz CT molecular complexity index is 249. The van der Waals surface area contributed by atoms with Crippen molar-refractivity contribution in [3.05, 3.63) is 22.6 Å². The molecule has 1 aromatic rings. The van der Waals surface area contributed by atoms with Crippen molar-refractivity contribution < 1.29 is 9.52 Å². The molecular formula is C8H12BrNO2. The van der Waals surface area contributed by atoms with E-state index in [4.69, 9.17) is 10.2 Å². The average molecular weight is 234 g/mol. The van der Waals surface area contributed by atoms with Gasteiger partial charge in [-0.3, -0.25) is 0 Å². The zero-order valence-electron chi connectivity index (χ0n) is 6.83. The first-order valence-electron chi connectivity index (χ1n) is 3.77. The highest BCUT2D eigenvalue weighted by Gasteiger charge is 2.18. The number of hydrogen-bond acceptors (Lipinski definition) is 3. The third-order valence-electron chi connectivity index (χ3n) is 1.88. The summed E-state index contributed by atoms with van der Waals surface area (Å²) < 4.78 is 5.58. The number of furan rings is 1. The highest BCUT2D eigenvalue weighted by molar-refractivity contribution is 9.10. The van der Waals surface area contributed by atoms with Crippen molar-refractivity contribution in [1.29, 1.82) is 0 Å². The summed E-state index contributed by atoms with van der Waals surface area (Å²) in [5.74, 6) is 0.0406. The Morgan fingerprint density at radius 2 is 2.42 bits per heavy atom. The van der Waals surface area contributed by atoms with E-state index in [1.807, 2.05) is 6.92 Å². The lowest BCUT2D eigenvalue weighted by Crippen LogP contribution is -2.18. The van der Waals surface area contributed by atoms with E-state index < -0.39 is 6.10 Å². The van der Waals surface area contributed by atoms with Crippen LogP contribution in [-0.4, -0.2) is 11.7 Å². The summed E-state index contributed by atoms with van der Waals surface area (Å²) in [5, 5.41) is 9.69. The molecule has 0 aromatic carbocycles. The summed E-state index contributed by atoms with van der Waals surface area (Å²) >= 11 is 3.20. The van der Waals surface area contributed by atoms with Crippen molar-refractivity contribution in [3.8, 4) is 0 Å². The molecule has 2 unspecified atom stereocenters. The van der Waals surface area contributed by atoms with E-state index in [-0.39, 0.29) is 5.92 Å². The highest BCUT2D eigenvalue weighted by atomic mass is 79.9. The fourth-order valence-electron chi connectivity index (χ4n) is 0.951. The molecule has 3 nitrogen and oxygen atoms in total. The van der Waals surface area contributed by atoms with Gasteiger partial charge in [-0.1, -0.05) is 6.92 Å². The minimum Gasteiger partial charge on any atom is -0.457 e. The Kier molecular flexibility index (Phi) is 3.31. The largest absolute Gasteiger partial charge is 0.457 e. The second-order valence-electron chi connectivity index (χ2n) is 2.81. The summed E-state index contributed by atoms with van der Waals surface area (Å²) in [7, 11) is 0. The molecule has 0 aliphatic rings. The molecule has 68 valence electrons. The third-order valence-corrected chi connectivity index (χ3v) is 2.52. The van der Waals surface area contributed by atoms with Crippen LogP contribution in [-0.2, 0) is 0 Å². The maximum absolute atomic E-state index is 9.69. The van der Waals surface area contributed by atoms with E-state index >= 15 is 0 Å². The van der Waals surface area contributed by atoms with Crippen molar-refractivity contribution in [2.75, 3.05) is 6.54 Å². The first kappa shape index (κ1) is 9.77. The average Bonchev–Trinajstić information content (AvgIpc) is 2.48. The SMILES string of the molecule is CC(CN)C(O)c1ccoc1Br. The predicted molar refractivity (Wildman–Crippen MR) is 49.6 cm³/mol. The van der Waals surface area contributed by atoms with E-state index in [1.54, 1.807) is 6.07 Å². The number of aliphatic hydroxyl groups excluding tert-OH is 1. The van der Waals surface area contributed by atoms with Gasteiger partial charge in [-0.05, 0) is 34.5 Å². The van der Waals surface area contributed by atoms with Gasteiger partial charge in [0, 0.05) is 5.56 Å². The van der Waals surface area contributed by atoms with Crippen molar-refractivity contribution >= 4 is 15.9 Å². The molecule has 0 saturated heterocycles. The van der Waals surface area contributed by atoms with Crippen molar-refractivity contribution in [3.63, 3.8) is 0 Å². The van der Waals surface area contributed by atoms with Crippen LogP contribution in [0.5, 0.6) is 0 Å². The predicted octanol–water partition coefficient (Wildman–Crippen LogP) is 1.67. The van der Waals surface area contributed by atoms with Gasteiger partial charge in [0.15, 0.2) is 4.67 Å². The second kappa shape index (κ2) is 4.07. The van der Waals surface area contributed by atoms with Gasteiger partial charge < -0.3 is 15.3 Å². The molecule has 0 bridgehead atoms. The first-order valence-corrected chi connectivity index (χ1v) is 4.57. The van der Waals surface area contributed by atoms with Crippen LogP contribution in [0, 0.1) is 5.92 Å². The van der Waals surface area contributed by atoms with Gasteiger partial charge in [0.05, 0.1) is 12.4 Å². The lowest BCUT2D eigenvalue weighted by molar-refractivity contribution is 0.120. The molecule has 4 heteroatoms. The maximum atomic E-state index is 9.69. The fourth-order valence-corrected chi connectivity index (χ4v) is 1.43. The number of hydrogen-bond donors (Lipinski definition) is 2. The van der Waals surface area contributed by atoms with Crippen LogP contribution >= 0.6 is 15.9 Å². The van der Waals surface area contributed by atoms with Crippen LogP contribution in [0.15, 0.2) is 21.4 Å². The molecule has 0 spiro atoms. The normalized spacial score (nSPS) is 16.0. The summed E-state index contributed by atoms with van der Waals surface area (Å²) in [4.78, 5) is 0. The molecule has 0 aliphatic carbocycles. The van der Waals surface area contributed by atoms with Gasteiger partial charge in [0.25, 0.3) is 0 Å². The van der Waals surface area contributed by atoms with E-state index in [2.05, 4.69) is 15.9 Å². The Balaban J connectivity index is 2.77. The molecule has 1 heterocycles. The Morgan fingerprint density at radius 1 is 1.75 bits per heavy atom. The van der Waals surface area contributed by atoms with E-state index in [9.17, 15) is 5.11 Å². The topological polar surface area (TPSA) is 59.4 Å². The van der Waals surface area contributed by atoms with Gasteiger partial charge in [0.1, 0.15) is 0 Å². The van der Waals surface area contributed by atoms with Crippen molar-refractivity contribution in [2.24, 2.45) is 11.7 Å². The van der Waals surface area contributed by atoms with E-state index in [0.29, 0.717) is 11.2 Å². The van der Waals surface area contributed by atoms with Gasteiger partial charge in [-0.15, -0.1) is 0 Å². The zero-order chi connectivity index (χ0) is 9.14. The standard InChI is InChI=1S/C8H12BrNO2/c1-5(4-10)7(11)6-2-3-12-8(6)9/h2-3,5,7,11H,4,10H2,1H3. The van der Waals surface area contributed by atoms with Crippen LogP contribution in [0.2, 0.25) is 0 Å². The smallest absolute Gasteiger partial charge is 0.174 e. The summed E-state index contributed by atoms with van der Waals surface area (Å²) in [6.45, 7) is 2.35. The first-order chi connectivity index (χ1) is 5.66. The van der Waals surface area contributed by atoms with Gasteiger partial charge in [0.2, 0.25) is 0 Å². The van der Waals surface area contributed by atoms with Crippen LogP contribution in [0.4, 0.5) is 0 Å². The van der Waals surface area contributed by atoms with Gasteiger partial charge in [-0.25, -0.2) is 0 Å². The lowest BCUT2D eigenvalue weighted by Gasteiger charge is -2.15. The minimum atomic E-state index is -0.553. The molecular weight excluding hydrogens is 222 g/mol. The second-order valence-corrected chi connectivity index (χ2v) is 3.53. The lowest BCUT2D eigenvalue weighted by atomic mass is 10.0. The van der Waals surface area contributed by atoms with Crippen molar-refractivity contribution in [2.45, 2.75) is 13.0 Å². The van der Waals surface area contributed by atoms with Crippen LogP contribution in [0.1, 0.15) is 18.6 Å². The van der Waals surface area contributed by atoms with E-state index in [1.165, 1.54) is 6.26 Å². The quantitative estimate of drug-likeness (QED) is 0.836. The molecule has 0 saturated carbocycles. The molecule has 1 rings (SSSR count). The Hall–Kier alpha value is -0.320. The van der Waals surface area contributed by atoms with Crippen LogP contribution in [0.3, 0.4) is 0 Å². The molecule has 0 aliphatic heterocycles. The van der Waals surface area contributed by atoms with Gasteiger partial charge in [-0.2, -0.15) is 0 Å². The molecule has 12 heavy (non-hydrogen) atoms.